The number of nitrogens with one attached hydrogen (secondary N) is 1. The number of aromatic nitrogens is 2. The van der Waals surface area contributed by atoms with Crippen LogP contribution in [0.1, 0.15) is 59.2 Å². The Hall–Kier alpha value is -3.89. The molecule has 1 amide bonds. The molecule has 0 spiro atoms. The third-order valence-corrected chi connectivity index (χ3v) is 7.70. The topological polar surface area (TPSA) is 95.4 Å². The summed E-state index contributed by atoms with van der Waals surface area (Å²) < 4.78 is 134. The van der Waals surface area contributed by atoms with Crippen LogP contribution in [0.15, 0.2) is 47.8 Å². The molecule has 0 fully saturated rings. The highest BCUT2D eigenvalue weighted by Gasteiger charge is 2.40. The highest BCUT2D eigenvalue weighted by Crippen LogP contribution is 2.43. The van der Waals surface area contributed by atoms with Crippen LogP contribution in [-0.2, 0) is 35.7 Å². The predicted octanol–water partition coefficient (Wildman–Crippen LogP) is 7.68. The molecule has 0 saturated heterocycles. The smallest absolute Gasteiger partial charge is 0.416 e. The first-order chi connectivity index (χ1) is 20.3. The normalized spacial score (nSPS) is 18.1. The summed E-state index contributed by atoms with van der Waals surface area (Å²) in [5, 5.41) is 12.5. The van der Waals surface area contributed by atoms with Crippen LogP contribution in [0.4, 0.5) is 55.8 Å². The van der Waals surface area contributed by atoms with Gasteiger partial charge < -0.3 is 10.4 Å². The highest BCUT2D eigenvalue weighted by atomic mass is 32.2. The molecule has 2 N–H and O–H groups in total. The molecule has 1 unspecified atom stereocenters. The monoisotopic (exact) mass is 654 g/mol. The van der Waals surface area contributed by atoms with Crippen molar-refractivity contribution in [2.24, 2.45) is 0 Å². The number of alkyl halides is 9. The number of nitrogens with zero attached hydrogens (tertiary/aromatic N) is 3. The summed E-state index contributed by atoms with van der Waals surface area (Å²) in [5.74, 6) is -0.205. The largest absolute Gasteiger partial charge is 0.465 e. The van der Waals surface area contributed by atoms with Crippen LogP contribution < -0.4 is 10.2 Å². The van der Waals surface area contributed by atoms with Gasteiger partial charge in [-0.1, -0.05) is 6.92 Å². The second kappa shape index (κ2) is 11.9. The number of anilines is 2. The summed E-state index contributed by atoms with van der Waals surface area (Å²) in [6, 6.07) is 1.74. The number of carboxylic acid groups (broad SMARTS) is 1. The summed E-state index contributed by atoms with van der Waals surface area (Å²) in [4.78, 5) is 21.0. The molecule has 0 radical (unpaired) electrons. The zero-order valence-electron chi connectivity index (χ0n) is 22.7. The molecule has 7 nitrogen and oxygen atoms in total. The molecule has 2 aromatic carbocycles. The van der Waals surface area contributed by atoms with Crippen LogP contribution in [0.5, 0.6) is 0 Å². The van der Waals surface area contributed by atoms with Crippen molar-refractivity contribution in [3.8, 4) is 0 Å². The molecule has 0 aliphatic carbocycles. The van der Waals surface area contributed by atoms with Crippen molar-refractivity contribution in [1.82, 2.24) is 9.97 Å². The minimum absolute atomic E-state index is 0.0290. The SMILES string of the molecule is CC[C@@H]1C[C@H](Nc2nc(S(C)=O)ncc2Cc2cc(C(F)(F)F)cc(C(F)(F)F)c2)c2cc(C(F)(F)F)ccc2N1C(=O)O. The number of carbonyl (C=O) groups is 1. The maximum atomic E-state index is 13.6. The van der Waals surface area contributed by atoms with Crippen LogP contribution in [0.2, 0.25) is 0 Å². The lowest BCUT2D eigenvalue weighted by molar-refractivity contribution is -0.143. The average molecular weight is 655 g/mol. The third-order valence-electron chi connectivity index (χ3n) is 6.99. The second-order valence-corrected chi connectivity index (χ2v) is 11.3. The van der Waals surface area contributed by atoms with Crippen molar-refractivity contribution < 1.29 is 53.6 Å². The van der Waals surface area contributed by atoms with Gasteiger partial charge in [-0.3, -0.25) is 9.11 Å². The van der Waals surface area contributed by atoms with E-state index >= 15 is 0 Å². The van der Waals surface area contributed by atoms with E-state index in [1.54, 1.807) is 6.92 Å². The van der Waals surface area contributed by atoms with Gasteiger partial charge in [-0.25, -0.2) is 14.8 Å². The van der Waals surface area contributed by atoms with Gasteiger partial charge in [0, 0.05) is 30.5 Å². The van der Waals surface area contributed by atoms with Crippen LogP contribution >= 0.6 is 0 Å². The molecule has 0 saturated carbocycles. The van der Waals surface area contributed by atoms with E-state index in [2.05, 4.69) is 15.3 Å². The fourth-order valence-corrected chi connectivity index (χ4v) is 5.39. The third kappa shape index (κ3) is 7.08. The van der Waals surface area contributed by atoms with Crippen LogP contribution in [0, 0.1) is 0 Å². The van der Waals surface area contributed by atoms with Gasteiger partial charge in [0.25, 0.3) is 0 Å². The van der Waals surface area contributed by atoms with Crippen molar-refractivity contribution >= 4 is 28.4 Å². The summed E-state index contributed by atoms with van der Waals surface area (Å²) in [6.45, 7) is 1.66. The molecule has 238 valence electrons. The first-order valence-corrected chi connectivity index (χ1v) is 14.3. The standard InChI is InChI=1S/C27H23F9N4O3S/c1-3-18-11-20(19-10-15(25(28,29)30)4-5-21(19)40(18)24(41)42)38-22-14(12-37-23(39-22)44(2)43)6-13-7-16(26(31,32)33)9-17(8-13)27(34,35)36/h4-5,7-10,12,18,20H,3,6,11H2,1-2H3,(H,41,42)(H,37,38,39)/t18-,20+,44?/m1/s1. The van der Waals surface area contributed by atoms with Crippen LogP contribution in [0.3, 0.4) is 0 Å². The number of halogens is 9. The number of hydrogen-bond acceptors (Lipinski definition) is 5. The van der Waals surface area contributed by atoms with Gasteiger partial charge in [0.15, 0.2) is 0 Å². The number of amides is 1. The number of hydrogen-bond donors (Lipinski definition) is 2. The Morgan fingerprint density at radius 2 is 1.57 bits per heavy atom. The molecule has 2 heterocycles. The lowest BCUT2D eigenvalue weighted by Gasteiger charge is -2.40. The van der Waals surface area contributed by atoms with E-state index in [9.17, 15) is 53.6 Å². The van der Waals surface area contributed by atoms with Gasteiger partial charge in [0.05, 0.1) is 39.2 Å². The fourth-order valence-electron chi connectivity index (χ4n) is 4.97. The Bertz CT molecular complexity index is 1560. The minimum atomic E-state index is -5.11. The van der Waals surface area contributed by atoms with Crippen molar-refractivity contribution in [1.29, 1.82) is 0 Å². The Balaban J connectivity index is 1.85. The van der Waals surface area contributed by atoms with Gasteiger partial charge in [-0.05, 0) is 60.4 Å². The van der Waals surface area contributed by atoms with E-state index < -0.39 is 76.2 Å². The molecule has 17 heteroatoms. The number of fused-ring (bicyclic) bond motifs is 1. The molecule has 1 aliphatic heterocycles. The second-order valence-electron chi connectivity index (χ2n) is 9.99. The lowest BCUT2D eigenvalue weighted by Crippen LogP contribution is -2.45. The molecule has 4 rings (SSSR count). The zero-order chi connectivity index (χ0) is 32.8. The molecule has 44 heavy (non-hydrogen) atoms. The Kier molecular flexibility index (Phi) is 8.92. The quantitative estimate of drug-likeness (QED) is 0.209. The maximum Gasteiger partial charge on any atom is 0.416 e. The van der Waals surface area contributed by atoms with E-state index in [-0.39, 0.29) is 46.7 Å². The Morgan fingerprint density at radius 3 is 2.07 bits per heavy atom. The van der Waals surface area contributed by atoms with E-state index in [0.29, 0.717) is 12.1 Å². The van der Waals surface area contributed by atoms with E-state index in [1.165, 1.54) is 6.26 Å². The number of benzene rings is 2. The van der Waals surface area contributed by atoms with Gasteiger partial charge in [-0.15, -0.1) is 0 Å². The number of rotatable bonds is 6. The predicted molar refractivity (Wildman–Crippen MR) is 141 cm³/mol. The zero-order valence-corrected chi connectivity index (χ0v) is 23.5. The first-order valence-electron chi connectivity index (χ1n) is 12.8. The summed E-state index contributed by atoms with van der Waals surface area (Å²) >= 11 is 0. The summed E-state index contributed by atoms with van der Waals surface area (Å²) in [7, 11) is -1.81. The Morgan fingerprint density at radius 1 is 0.977 bits per heavy atom. The van der Waals surface area contributed by atoms with E-state index in [1.807, 2.05) is 0 Å². The molecule has 1 aromatic heterocycles. The minimum Gasteiger partial charge on any atom is -0.465 e. The molecule has 3 aromatic rings. The van der Waals surface area contributed by atoms with Gasteiger partial charge in [-0.2, -0.15) is 39.5 Å². The van der Waals surface area contributed by atoms with Crippen molar-refractivity contribution in [3.05, 3.63) is 76.0 Å². The molecule has 1 aliphatic rings. The molecular weight excluding hydrogens is 631 g/mol. The molecular formula is C27H23F9N4O3S. The first kappa shape index (κ1) is 33.0. The maximum absolute atomic E-state index is 13.6. The molecule has 3 atom stereocenters. The Labute approximate surface area is 246 Å². The van der Waals surface area contributed by atoms with Crippen LogP contribution in [-0.4, -0.2) is 37.7 Å². The summed E-state index contributed by atoms with van der Waals surface area (Å²) in [6.07, 6.45) is -14.6. The van der Waals surface area contributed by atoms with E-state index in [0.717, 1.165) is 29.3 Å². The fraction of sp³-hybridized carbons (Fsp3) is 0.370. The van der Waals surface area contributed by atoms with Gasteiger partial charge in [0.2, 0.25) is 5.16 Å². The van der Waals surface area contributed by atoms with Crippen molar-refractivity contribution in [3.63, 3.8) is 0 Å². The lowest BCUT2D eigenvalue weighted by atomic mass is 9.88. The van der Waals surface area contributed by atoms with E-state index in [4.69, 9.17) is 0 Å². The summed E-state index contributed by atoms with van der Waals surface area (Å²) in [5.41, 5.74) is -4.79. The van der Waals surface area contributed by atoms with Gasteiger partial charge in [0.1, 0.15) is 5.82 Å². The average Bonchev–Trinajstić information content (AvgIpc) is 2.91. The van der Waals surface area contributed by atoms with Gasteiger partial charge >= 0.3 is 24.6 Å². The highest BCUT2D eigenvalue weighted by molar-refractivity contribution is 7.84. The van der Waals surface area contributed by atoms with Crippen LogP contribution in [0.25, 0.3) is 0 Å². The molecule has 0 bridgehead atoms. The van der Waals surface area contributed by atoms with Crippen molar-refractivity contribution in [2.45, 2.75) is 62.0 Å². The van der Waals surface area contributed by atoms with Crippen molar-refractivity contribution in [2.75, 3.05) is 16.5 Å².